The molecule has 84 valence electrons. The van der Waals surface area contributed by atoms with Gasteiger partial charge in [-0.3, -0.25) is 0 Å². The summed E-state index contributed by atoms with van der Waals surface area (Å²) in [4.78, 5) is 4.60. The summed E-state index contributed by atoms with van der Waals surface area (Å²) in [5, 5.41) is 3.38. The van der Waals surface area contributed by atoms with Gasteiger partial charge in [-0.2, -0.15) is 0 Å². The van der Waals surface area contributed by atoms with Crippen molar-refractivity contribution in [1.29, 1.82) is 0 Å². The van der Waals surface area contributed by atoms with Crippen LogP contribution in [0.25, 0.3) is 11.1 Å². The Kier molecular flexibility index (Phi) is 2.21. The second-order valence-corrected chi connectivity index (χ2v) is 4.77. The predicted molar refractivity (Wildman–Crippen MR) is 63.5 cm³/mol. The van der Waals surface area contributed by atoms with Crippen molar-refractivity contribution in [2.75, 3.05) is 13.1 Å². The van der Waals surface area contributed by atoms with E-state index in [-0.39, 0.29) is 0 Å². The molecule has 1 fully saturated rings. The summed E-state index contributed by atoms with van der Waals surface area (Å²) in [6, 6.07) is 6.15. The van der Waals surface area contributed by atoms with Crippen molar-refractivity contribution >= 4 is 11.1 Å². The molecule has 1 aromatic heterocycles. The van der Waals surface area contributed by atoms with E-state index in [0.717, 1.165) is 30.1 Å². The number of nitrogens with one attached hydrogen (secondary N) is 1. The highest BCUT2D eigenvalue weighted by Crippen LogP contribution is 2.29. The standard InChI is InChI=1S/C13H16N2O/c1-8-3-4-12-11(5-8)15-13(16-12)10-7-14-6-9(10)2/h3-5,9-10,14H,6-7H2,1-2H3/t9-,10-/m1/s1. The zero-order valence-corrected chi connectivity index (χ0v) is 9.66. The number of aryl methyl sites for hydroxylation is 1. The molecule has 1 aliphatic rings. The third-order valence-corrected chi connectivity index (χ3v) is 3.39. The van der Waals surface area contributed by atoms with Crippen LogP contribution in [-0.4, -0.2) is 18.1 Å². The summed E-state index contributed by atoms with van der Waals surface area (Å²) in [5.74, 6) is 1.92. The van der Waals surface area contributed by atoms with Gasteiger partial charge >= 0.3 is 0 Å². The van der Waals surface area contributed by atoms with Gasteiger partial charge in [-0.05, 0) is 37.1 Å². The van der Waals surface area contributed by atoms with Crippen LogP contribution in [0.3, 0.4) is 0 Å². The normalized spacial score (nSPS) is 25.4. The van der Waals surface area contributed by atoms with Crippen LogP contribution in [0.4, 0.5) is 0 Å². The van der Waals surface area contributed by atoms with Crippen LogP contribution in [0, 0.1) is 12.8 Å². The summed E-state index contributed by atoms with van der Waals surface area (Å²) in [5.41, 5.74) is 3.11. The molecule has 1 N–H and O–H groups in total. The molecule has 3 heteroatoms. The summed E-state index contributed by atoms with van der Waals surface area (Å²) in [6.07, 6.45) is 0. The average Bonchev–Trinajstić information content (AvgIpc) is 2.82. The molecule has 1 aromatic carbocycles. The lowest BCUT2D eigenvalue weighted by Gasteiger charge is -2.08. The van der Waals surface area contributed by atoms with Crippen LogP contribution < -0.4 is 5.32 Å². The molecule has 1 aliphatic heterocycles. The van der Waals surface area contributed by atoms with Crippen LogP contribution >= 0.6 is 0 Å². The first-order chi connectivity index (χ1) is 7.74. The van der Waals surface area contributed by atoms with Gasteiger partial charge in [-0.25, -0.2) is 4.98 Å². The molecule has 0 aliphatic carbocycles. The van der Waals surface area contributed by atoms with Gasteiger partial charge in [-0.1, -0.05) is 13.0 Å². The van der Waals surface area contributed by atoms with Crippen LogP contribution in [0.1, 0.15) is 24.3 Å². The van der Waals surface area contributed by atoms with Gasteiger partial charge in [0.1, 0.15) is 5.52 Å². The molecule has 0 unspecified atom stereocenters. The van der Waals surface area contributed by atoms with Crippen molar-refractivity contribution < 1.29 is 4.42 Å². The fourth-order valence-electron chi connectivity index (χ4n) is 2.35. The van der Waals surface area contributed by atoms with Gasteiger partial charge < -0.3 is 9.73 Å². The molecule has 0 spiro atoms. The fraction of sp³-hybridized carbons (Fsp3) is 0.462. The lowest BCUT2D eigenvalue weighted by Crippen LogP contribution is -2.08. The zero-order chi connectivity index (χ0) is 11.1. The number of nitrogens with zero attached hydrogens (tertiary/aromatic N) is 1. The summed E-state index contributed by atoms with van der Waals surface area (Å²) in [7, 11) is 0. The van der Waals surface area contributed by atoms with Crippen molar-refractivity contribution in [3.05, 3.63) is 29.7 Å². The maximum Gasteiger partial charge on any atom is 0.200 e. The van der Waals surface area contributed by atoms with E-state index in [9.17, 15) is 0 Å². The first-order valence-electron chi connectivity index (χ1n) is 5.82. The van der Waals surface area contributed by atoms with Crippen LogP contribution in [0.2, 0.25) is 0 Å². The molecule has 3 nitrogen and oxygen atoms in total. The van der Waals surface area contributed by atoms with Crippen molar-refractivity contribution in [1.82, 2.24) is 10.3 Å². The number of aromatic nitrogens is 1. The van der Waals surface area contributed by atoms with Gasteiger partial charge in [0.2, 0.25) is 0 Å². The molecule has 2 aromatic rings. The number of oxazole rings is 1. The lowest BCUT2D eigenvalue weighted by atomic mass is 9.98. The maximum absolute atomic E-state index is 5.83. The van der Waals surface area contributed by atoms with E-state index >= 15 is 0 Å². The first-order valence-corrected chi connectivity index (χ1v) is 5.82. The molecule has 0 saturated carbocycles. The van der Waals surface area contributed by atoms with E-state index < -0.39 is 0 Å². The van der Waals surface area contributed by atoms with E-state index in [4.69, 9.17) is 4.42 Å². The van der Waals surface area contributed by atoms with E-state index in [0.29, 0.717) is 11.8 Å². The second kappa shape index (κ2) is 3.59. The fourth-order valence-corrected chi connectivity index (χ4v) is 2.35. The van der Waals surface area contributed by atoms with E-state index in [1.807, 2.05) is 6.07 Å². The highest BCUT2D eigenvalue weighted by molar-refractivity contribution is 5.73. The van der Waals surface area contributed by atoms with Crippen molar-refractivity contribution in [2.45, 2.75) is 19.8 Å². The zero-order valence-electron chi connectivity index (χ0n) is 9.66. The van der Waals surface area contributed by atoms with E-state index in [1.165, 1.54) is 5.56 Å². The molecule has 0 radical (unpaired) electrons. The predicted octanol–water partition coefficient (Wildman–Crippen LogP) is 2.46. The maximum atomic E-state index is 5.83. The minimum Gasteiger partial charge on any atom is -0.440 e. The quantitative estimate of drug-likeness (QED) is 0.795. The SMILES string of the molecule is Cc1ccc2oc([C@@H]3CNC[C@H]3C)nc2c1. The Balaban J connectivity index is 2.04. The molecular formula is C13H16N2O. The summed E-state index contributed by atoms with van der Waals surface area (Å²) < 4.78 is 5.83. The van der Waals surface area contributed by atoms with Crippen LogP contribution in [-0.2, 0) is 0 Å². The highest BCUT2D eigenvalue weighted by atomic mass is 16.3. The number of hydrogen-bond donors (Lipinski definition) is 1. The minimum atomic E-state index is 0.424. The lowest BCUT2D eigenvalue weighted by molar-refractivity contribution is 0.435. The highest BCUT2D eigenvalue weighted by Gasteiger charge is 2.28. The Hall–Kier alpha value is -1.35. The summed E-state index contributed by atoms with van der Waals surface area (Å²) in [6.45, 7) is 6.35. The second-order valence-electron chi connectivity index (χ2n) is 4.77. The van der Waals surface area contributed by atoms with Gasteiger partial charge in [-0.15, -0.1) is 0 Å². The summed E-state index contributed by atoms with van der Waals surface area (Å²) >= 11 is 0. The number of benzene rings is 1. The molecule has 1 saturated heterocycles. The Morgan fingerprint density at radius 1 is 1.38 bits per heavy atom. The third kappa shape index (κ3) is 1.52. The van der Waals surface area contributed by atoms with Gasteiger partial charge in [0.05, 0.1) is 5.92 Å². The van der Waals surface area contributed by atoms with Gasteiger partial charge in [0, 0.05) is 6.54 Å². The number of rotatable bonds is 1. The Morgan fingerprint density at radius 2 is 2.25 bits per heavy atom. The van der Waals surface area contributed by atoms with Crippen molar-refractivity contribution in [2.24, 2.45) is 5.92 Å². The average molecular weight is 216 g/mol. The molecule has 2 heterocycles. The van der Waals surface area contributed by atoms with Crippen molar-refractivity contribution in [3.8, 4) is 0 Å². The van der Waals surface area contributed by atoms with Gasteiger partial charge in [0.15, 0.2) is 11.5 Å². The largest absolute Gasteiger partial charge is 0.440 e. The first kappa shape index (κ1) is 9.85. The van der Waals surface area contributed by atoms with E-state index in [1.54, 1.807) is 0 Å². The molecule has 0 amide bonds. The smallest absolute Gasteiger partial charge is 0.200 e. The number of hydrogen-bond acceptors (Lipinski definition) is 3. The molecular weight excluding hydrogens is 200 g/mol. The molecule has 0 bridgehead atoms. The molecule has 16 heavy (non-hydrogen) atoms. The van der Waals surface area contributed by atoms with Crippen LogP contribution in [0.15, 0.2) is 22.6 Å². The topological polar surface area (TPSA) is 38.1 Å². The molecule has 2 atom stereocenters. The van der Waals surface area contributed by atoms with Crippen LogP contribution in [0.5, 0.6) is 0 Å². The monoisotopic (exact) mass is 216 g/mol. The molecule has 3 rings (SSSR count). The number of fused-ring (bicyclic) bond motifs is 1. The van der Waals surface area contributed by atoms with Crippen molar-refractivity contribution in [3.63, 3.8) is 0 Å². The third-order valence-electron chi connectivity index (χ3n) is 3.39. The minimum absolute atomic E-state index is 0.424. The van der Waals surface area contributed by atoms with Gasteiger partial charge in [0.25, 0.3) is 0 Å². The van der Waals surface area contributed by atoms with E-state index in [2.05, 4.69) is 36.3 Å². The Morgan fingerprint density at radius 3 is 3.00 bits per heavy atom. The Labute approximate surface area is 94.9 Å². The Bertz CT molecular complexity index is 518.